The number of anilines is 1. The zero-order valence-corrected chi connectivity index (χ0v) is 12.8. The zero-order chi connectivity index (χ0) is 14.4. The summed E-state index contributed by atoms with van der Waals surface area (Å²) in [4.78, 5) is 4.52. The molecule has 0 aliphatic carbocycles. The first-order chi connectivity index (χ1) is 8.95. The van der Waals surface area contributed by atoms with Crippen LogP contribution in [-0.2, 0) is 0 Å². The van der Waals surface area contributed by atoms with Crippen LogP contribution in [-0.4, -0.2) is 38.6 Å². The third-order valence-corrected chi connectivity index (χ3v) is 3.08. The quantitative estimate of drug-likeness (QED) is 0.787. The molecule has 104 valence electrons. The SMILES string of the molecule is Cc1cccc(C#N)c1N(CCN(C)C)CC(C)C. The molecule has 0 saturated carbocycles. The van der Waals surface area contributed by atoms with Gasteiger partial charge in [0, 0.05) is 19.6 Å². The number of likely N-dealkylation sites (N-methyl/N-ethyl adjacent to an activating group) is 1. The minimum Gasteiger partial charge on any atom is -0.369 e. The number of nitriles is 1. The van der Waals surface area contributed by atoms with Gasteiger partial charge in [0.1, 0.15) is 6.07 Å². The normalized spacial score (nSPS) is 10.8. The second-order valence-electron chi connectivity index (χ2n) is 5.73. The molecule has 0 aliphatic heterocycles. The van der Waals surface area contributed by atoms with Gasteiger partial charge in [-0.05, 0) is 38.6 Å². The van der Waals surface area contributed by atoms with Gasteiger partial charge in [-0.1, -0.05) is 26.0 Å². The van der Waals surface area contributed by atoms with E-state index in [4.69, 9.17) is 0 Å². The van der Waals surface area contributed by atoms with Gasteiger partial charge in [0.05, 0.1) is 11.3 Å². The van der Waals surface area contributed by atoms with E-state index >= 15 is 0 Å². The molecule has 1 rings (SSSR count). The Labute approximate surface area is 117 Å². The third-order valence-electron chi connectivity index (χ3n) is 3.08. The molecule has 0 unspecified atom stereocenters. The van der Waals surface area contributed by atoms with Gasteiger partial charge in [-0.15, -0.1) is 0 Å². The lowest BCUT2D eigenvalue weighted by atomic mass is 10.1. The van der Waals surface area contributed by atoms with E-state index in [1.54, 1.807) is 0 Å². The van der Waals surface area contributed by atoms with E-state index in [0.717, 1.165) is 30.9 Å². The molecule has 0 heterocycles. The van der Waals surface area contributed by atoms with Gasteiger partial charge in [0.15, 0.2) is 0 Å². The molecule has 0 spiro atoms. The van der Waals surface area contributed by atoms with Crippen LogP contribution >= 0.6 is 0 Å². The van der Waals surface area contributed by atoms with E-state index in [1.807, 2.05) is 12.1 Å². The average Bonchev–Trinajstić information content (AvgIpc) is 2.33. The lowest BCUT2D eigenvalue weighted by molar-refractivity contribution is 0.409. The molecule has 0 amide bonds. The monoisotopic (exact) mass is 259 g/mol. The van der Waals surface area contributed by atoms with E-state index in [9.17, 15) is 5.26 Å². The highest BCUT2D eigenvalue weighted by atomic mass is 15.2. The maximum absolute atomic E-state index is 9.32. The van der Waals surface area contributed by atoms with E-state index in [2.05, 4.69) is 56.8 Å². The van der Waals surface area contributed by atoms with E-state index < -0.39 is 0 Å². The molecule has 3 nitrogen and oxygen atoms in total. The molecule has 1 aromatic carbocycles. The molecule has 0 radical (unpaired) electrons. The van der Waals surface area contributed by atoms with Crippen LogP contribution < -0.4 is 4.90 Å². The highest BCUT2D eigenvalue weighted by Crippen LogP contribution is 2.25. The second-order valence-corrected chi connectivity index (χ2v) is 5.73. The van der Waals surface area contributed by atoms with Gasteiger partial charge in [-0.2, -0.15) is 5.26 Å². The smallest absolute Gasteiger partial charge is 0.101 e. The molecule has 0 aliphatic rings. The summed E-state index contributed by atoms with van der Waals surface area (Å²) >= 11 is 0. The van der Waals surface area contributed by atoms with Crippen molar-refractivity contribution in [3.8, 4) is 6.07 Å². The van der Waals surface area contributed by atoms with Gasteiger partial charge in [0.2, 0.25) is 0 Å². The van der Waals surface area contributed by atoms with Crippen LogP contribution in [0, 0.1) is 24.2 Å². The fourth-order valence-electron chi connectivity index (χ4n) is 2.22. The standard InChI is InChI=1S/C16H25N3/c1-13(2)12-19(10-9-18(4)5)16-14(3)7-6-8-15(16)11-17/h6-8,13H,9-10,12H2,1-5H3. The number of aryl methyl sites for hydroxylation is 1. The fourth-order valence-corrected chi connectivity index (χ4v) is 2.22. The van der Waals surface area contributed by atoms with E-state index in [0.29, 0.717) is 5.92 Å². The maximum Gasteiger partial charge on any atom is 0.101 e. The van der Waals surface area contributed by atoms with Crippen LogP contribution in [0.2, 0.25) is 0 Å². The minimum atomic E-state index is 0.577. The number of benzene rings is 1. The van der Waals surface area contributed by atoms with Gasteiger partial charge >= 0.3 is 0 Å². The molecule has 19 heavy (non-hydrogen) atoms. The van der Waals surface area contributed by atoms with Crippen LogP contribution in [0.5, 0.6) is 0 Å². The van der Waals surface area contributed by atoms with Crippen LogP contribution in [0.15, 0.2) is 18.2 Å². The fraction of sp³-hybridized carbons (Fsp3) is 0.562. The molecular formula is C16H25N3. The summed E-state index contributed by atoms with van der Waals surface area (Å²) in [6.07, 6.45) is 0. The van der Waals surface area contributed by atoms with Gasteiger partial charge in [0.25, 0.3) is 0 Å². The molecule has 0 fully saturated rings. The lowest BCUT2D eigenvalue weighted by Gasteiger charge is -2.30. The average molecular weight is 259 g/mol. The maximum atomic E-state index is 9.32. The molecule has 0 bridgehead atoms. The Balaban J connectivity index is 3.06. The van der Waals surface area contributed by atoms with Crippen LogP contribution in [0.4, 0.5) is 5.69 Å². The van der Waals surface area contributed by atoms with Gasteiger partial charge < -0.3 is 9.80 Å². The van der Waals surface area contributed by atoms with Crippen molar-refractivity contribution < 1.29 is 0 Å². The van der Waals surface area contributed by atoms with E-state index in [1.165, 1.54) is 5.56 Å². The highest BCUT2D eigenvalue weighted by Gasteiger charge is 2.15. The summed E-state index contributed by atoms with van der Waals surface area (Å²) in [5.41, 5.74) is 3.05. The first-order valence-electron chi connectivity index (χ1n) is 6.85. The van der Waals surface area contributed by atoms with Crippen molar-refractivity contribution in [3.63, 3.8) is 0 Å². The van der Waals surface area contributed by atoms with Crippen molar-refractivity contribution in [1.82, 2.24) is 4.90 Å². The first kappa shape index (κ1) is 15.5. The molecule has 0 atom stereocenters. The Morgan fingerprint density at radius 2 is 1.89 bits per heavy atom. The summed E-state index contributed by atoms with van der Waals surface area (Å²) in [6, 6.07) is 8.27. The Kier molecular flexibility index (Phi) is 5.85. The summed E-state index contributed by atoms with van der Waals surface area (Å²) < 4.78 is 0. The molecule has 0 aromatic heterocycles. The van der Waals surface area contributed by atoms with Crippen LogP contribution in [0.3, 0.4) is 0 Å². The van der Waals surface area contributed by atoms with Crippen LogP contribution in [0.25, 0.3) is 0 Å². The molecule has 0 saturated heterocycles. The molecule has 1 aromatic rings. The Morgan fingerprint density at radius 3 is 2.42 bits per heavy atom. The predicted octanol–water partition coefficient (Wildman–Crippen LogP) is 2.89. The van der Waals surface area contributed by atoms with Gasteiger partial charge in [-0.3, -0.25) is 0 Å². The summed E-state index contributed by atoms with van der Waals surface area (Å²) in [5.74, 6) is 0.577. The largest absolute Gasteiger partial charge is 0.369 e. The topological polar surface area (TPSA) is 30.3 Å². The number of hydrogen-bond acceptors (Lipinski definition) is 3. The second kappa shape index (κ2) is 7.16. The molecule has 0 N–H and O–H groups in total. The molecule has 3 heteroatoms. The number of nitrogens with zero attached hydrogens (tertiary/aromatic N) is 3. The summed E-state index contributed by atoms with van der Waals surface area (Å²) in [7, 11) is 4.16. The van der Waals surface area contributed by atoms with Crippen molar-refractivity contribution in [2.24, 2.45) is 5.92 Å². The number of rotatable bonds is 6. The first-order valence-corrected chi connectivity index (χ1v) is 6.85. The van der Waals surface area contributed by atoms with Crippen molar-refractivity contribution >= 4 is 5.69 Å². The zero-order valence-electron chi connectivity index (χ0n) is 12.8. The Hall–Kier alpha value is -1.53. The van der Waals surface area contributed by atoms with Crippen molar-refractivity contribution in [2.75, 3.05) is 38.6 Å². The van der Waals surface area contributed by atoms with E-state index in [-0.39, 0.29) is 0 Å². The number of para-hydroxylation sites is 1. The van der Waals surface area contributed by atoms with Crippen molar-refractivity contribution in [1.29, 1.82) is 5.26 Å². The Morgan fingerprint density at radius 1 is 1.21 bits per heavy atom. The van der Waals surface area contributed by atoms with Crippen molar-refractivity contribution in [2.45, 2.75) is 20.8 Å². The van der Waals surface area contributed by atoms with Crippen LogP contribution in [0.1, 0.15) is 25.0 Å². The Bertz CT molecular complexity index is 444. The summed E-state index contributed by atoms with van der Waals surface area (Å²) in [5, 5.41) is 9.32. The summed E-state index contributed by atoms with van der Waals surface area (Å²) in [6.45, 7) is 9.43. The predicted molar refractivity (Wildman–Crippen MR) is 81.5 cm³/mol. The van der Waals surface area contributed by atoms with Gasteiger partial charge in [-0.25, -0.2) is 0 Å². The molecular weight excluding hydrogens is 234 g/mol. The van der Waals surface area contributed by atoms with Crippen molar-refractivity contribution in [3.05, 3.63) is 29.3 Å². The third kappa shape index (κ3) is 4.57. The lowest BCUT2D eigenvalue weighted by Crippen LogP contribution is -2.35. The highest BCUT2D eigenvalue weighted by molar-refractivity contribution is 5.64. The minimum absolute atomic E-state index is 0.577. The number of hydrogen-bond donors (Lipinski definition) is 0.